The molecular weight excluding hydrogens is 640 g/mol. The summed E-state index contributed by atoms with van der Waals surface area (Å²) in [7, 11) is -3.49. The van der Waals surface area contributed by atoms with Gasteiger partial charge in [-0.25, -0.2) is 13.2 Å². The largest absolute Gasteiger partial charge is 0.428 e. The number of rotatable bonds is 12. The Morgan fingerprint density at radius 2 is 1.56 bits per heavy atom. The number of nitrogens with one attached hydrogen (secondary N) is 2. The van der Waals surface area contributed by atoms with Gasteiger partial charge in [-0.3, -0.25) is 18.7 Å². The van der Waals surface area contributed by atoms with E-state index in [1.807, 2.05) is 61.5 Å². The van der Waals surface area contributed by atoms with Gasteiger partial charge in [0.1, 0.15) is 11.6 Å². The fraction of sp³-hybridized carbons (Fsp3) is 0.529. The zero-order valence-corrected chi connectivity index (χ0v) is 29.2. The van der Waals surface area contributed by atoms with Crippen molar-refractivity contribution in [3.05, 3.63) is 65.7 Å². The number of para-hydroxylation sites is 1. The van der Waals surface area contributed by atoms with Crippen LogP contribution in [0.15, 0.2) is 54.6 Å². The lowest BCUT2D eigenvalue weighted by Gasteiger charge is -2.41. The van der Waals surface area contributed by atoms with E-state index in [1.54, 1.807) is 18.7 Å². The Hall–Kier alpha value is -4.17. The van der Waals surface area contributed by atoms with Crippen molar-refractivity contribution in [2.75, 3.05) is 43.6 Å². The fourth-order valence-electron chi connectivity index (χ4n) is 5.91. The molecule has 0 bridgehead atoms. The number of carbonyl (C=O) groups is 4. The fourth-order valence-corrected chi connectivity index (χ4v) is 6.91. The lowest BCUT2D eigenvalue weighted by atomic mass is 9.74. The molecule has 2 aromatic rings. The number of likely N-dealkylation sites (tertiary alicyclic amines) is 1. The topological polar surface area (TPSA) is 161 Å². The second-order valence-corrected chi connectivity index (χ2v) is 15.1. The van der Waals surface area contributed by atoms with Crippen LogP contribution >= 0.6 is 0 Å². The molecule has 0 saturated carbocycles. The van der Waals surface area contributed by atoms with Crippen LogP contribution in [0.3, 0.4) is 0 Å². The summed E-state index contributed by atoms with van der Waals surface area (Å²) in [6.07, 6.45) is 0.899. The first-order chi connectivity index (χ1) is 22.5. The Kier molecular flexibility index (Phi) is 11.4. The van der Waals surface area contributed by atoms with Gasteiger partial charge in [-0.15, -0.1) is 0 Å². The van der Waals surface area contributed by atoms with Crippen molar-refractivity contribution in [1.29, 1.82) is 0 Å². The maximum Gasteiger partial charge on any atom is 0.410 e. The van der Waals surface area contributed by atoms with Gasteiger partial charge in [-0.1, -0.05) is 62.4 Å². The highest BCUT2D eigenvalue weighted by atomic mass is 32.2. The van der Waals surface area contributed by atoms with E-state index in [1.165, 1.54) is 24.4 Å². The monoisotopic (exact) mass is 686 g/mol. The minimum atomic E-state index is -3.49. The van der Waals surface area contributed by atoms with Crippen LogP contribution in [0.1, 0.15) is 64.7 Å². The van der Waals surface area contributed by atoms with Crippen molar-refractivity contribution >= 4 is 39.6 Å². The van der Waals surface area contributed by atoms with E-state index in [-0.39, 0.29) is 18.6 Å². The zero-order valence-electron chi connectivity index (χ0n) is 28.4. The summed E-state index contributed by atoms with van der Waals surface area (Å²) in [6, 6.07) is 15.8. The normalized spacial score (nSPS) is 17.0. The van der Waals surface area contributed by atoms with Gasteiger partial charge < -0.3 is 29.7 Å². The van der Waals surface area contributed by atoms with E-state index in [4.69, 9.17) is 14.2 Å². The number of carbonyl (C=O) groups excluding carboxylic acids is 4. The smallest absolute Gasteiger partial charge is 0.410 e. The predicted molar refractivity (Wildman–Crippen MR) is 178 cm³/mol. The van der Waals surface area contributed by atoms with Crippen LogP contribution in [0.2, 0.25) is 0 Å². The third kappa shape index (κ3) is 8.64. The summed E-state index contributed by atoms with van der Waals surface area (Å²) >= 11 is 0. The van der Waals surface area contributed by atoms with Crippen LogP contribution in [-0.4, -0.2) is 88.1 Å². The number of ether oxygens (including phenoxy) is 3. The molecule has 1 spiro atoms. The van der Waals surface area contributed by atoms with Crippen molar-refractivity contribution in [1.82, 2.24) is 15.5 Å². The Balaban J connectivity index is 1.45. The third-order valence-corrected chi connectivity index (χ3v) is 9.98. The summed E-state index contributed by atoms with van der Waals surface area (Å²) in [5.41, 5.74) is 0.555. The van der Waals surface area contributed by atoms with Gasteiger partial charge in [0.2, 0.25) is 28.6 Å². The van der Waals surface area contributed by atoms with Crippen LogP contribution in [-0.2, 0) is 44.0 Å². The standard InChI is InChI=1S/C34H46N4O9S/c1-23(2)30(40)46-22-47-32(42)36-33(4,5)31(41)35-27(20-45-24(3)25-12-8-7-9-13-25)29(39)37-18-16-34(17-19-37)21-38(48(6,43)44)28-15-11-10-14-26(28)34/h7-15,23-24,27H,16-22H2,1-6H3,(H,35,41)(H,36,42). The lowest BCUT2D eigenvalue weighted by Crippen LogP contribution is -2.61. The second-order valence-electron chi connectivity index (χ2n) is 13.2. The number of fused-ring (bicyclic) bond motifs is 2. The van der Waals surface area contributed by atoms with E-state index < -0.39 is 57.7 Å². The third-order valence-electron chi connectivity index (χ3n) is 8.85. The van der Waals surface area contributed by atoms with Gasteiger partial charge in [0.25, 0.3) is 0 Å². The summed E-state index contributed by atoms with van der Waals surface area (Å²) in [6.45, 7) is 8.26. The maximum absolute atomic E-state index is 14.0. The molecule has 2 aliphatic rings. The molecule has 2 heterocycles. The number of hydrogen-bond donors (Lipinski definition) is 2. The highest BCUT2D eigenvalue weighted by Crippen LogP contribution is 2.47. The van der Waals surface area contributed by atoms with Gasteiger partial charge in [0, 0.05) is 25.0 Å². The quantitative estimate of drug-likeness (QED) is 0.252. The molecule has 2 aromatic carbocycles. The number of sulfonamides is 1. The van der Waals surface area contributed by atoms with Gasteiger partial charge >= 0.3 is 12.1 Å². The van der Waals surface area contributed by atoms with Crippen molar-refractivity contribution in [3.63, 3.8) is 0 Å². The van der Waals surface area contributed by atoms with Crippen LogP contribution in [0.4, 0.5) is 10.5 Å². The number of nitrogens with zero attached hydrogens (tertiary/aromatic N) is 2. The lowest BCUT2D eigenvalue weighted by molar-refractivity contribution is -0.155. The molecule has 2 atom stereocenters. The minimum absolute atomic E-state index is 0.140. The average molecular weight is 687 g/mol. The molecule has 1 saturated heterocycles. The molecule has 3 amide bonds. The van der Waals surface area contributed by atoms with Gasteiger partial charge in [0.05, 0.1) is 30.6 Å². The molecule has 2 aliphatic heterocycles. The van der Waals surface area contributed by atoms with Gasteiger partial charge in [-0.2, -0.15) is 0 Å². The molecule has 0 radical (unpaired) electrons. The Labute approximate surface area is 282 Å². The molecule has 14 heteroatoms. The van der Waals surface area contributed by atoms with E-state index in [0.29, 0.717) is 38.2 Å². The van der Waals surface area contributed by atoms with Crippen LogP contribution in [0.5, 0.6) is 0 Å². The first-order valence-electron chi connectivity index (χ1n) is 16.0. The Morgan fingerprint density at radius 3 is 2.19 bits per heavy atom. The number of alkyl carbamates (subject to hydrolysis) is 1. The molecule has 262 valence electrons. The molecule has 1 fully saturated rings. The number of benzene rings is 2. The minimum Gasteiger partial charge on any atom is -0.428 e. The first-order valence-corrected chi connectivity index (χ1v) is 17.8. The number of esters is 1. The van der Waals surface area contributed by atoms with E-state index in [9.17, 15) is 27.6 Å². The highest BCUT2D eigenvalue weighted by molar-refractivity contribution is 7.92. The van der Waals surface area contributed by atoms with Crippen molar-refractivity contribution < 1.29 is 41.8 Å². The summed E-state index contributed by atoms with van der Waals surface area (Å²) in [4.78, 5) is 53.2. The average Bonchev–Trinajstić information content (AvgIpc) is 3.37. The molecule has 2 N–H and O–H groups in total. The van der Waals surface area contributed by atoms with Gasteiger partial charge in [0.15, 0.2) is 0 Å². The van der Waals surface area contributed by atoms with Crippen molar-refractivity contribution in [2.24, 2.45) is 5.92 Å². The molecule has 48 heavy (non-hydrogen) atoms. The summed E-state index contributed by atoms with van der Waals surface area (Å²) < 4.78 is 42.5. The molecular formula is C34H46N4O9S. The SMILES string of the molecule is CC(C)C(=O)OCOC(=O)NC(C)(C)C(=O)NC(COC(C)c1ccccc1)C(=O)N1CCC2(CC1)CN(S(C)(=O)=O)c1ccccc12. The first kappa shape index (κ1) is 36.7. The molecule has 0 aliphatic carbocycles. The number of piperidine rings is 1. The summed E-state index contributed by atoms with van der Waals surface area (Å²) in [5, 5.41) is 5.21. The number of amides is 3. The van der Waals surface area contributed by atoms with Crippen LogP contribution < -0.4 is 14.9 Å². The Morgan fingerprint density at radius 1 is 0.938 bits per heavy atom. The van der Waals surface area contributed by atoms with Crippen LogP contribution in [0, 0.1) is 5.92 Å². The zero-order chi connectivity index (χ0) is 35.3. The highest BCUT2D eigenvalue weighted by Gasteiger charge is 2.48. The number of hydrogen-bond acceptors (Lipinski definition) is 9. The molecule has 2 unspecified atom stereocenters. The van der Waals surface area contributed by atoms with Crippen molar-refractivity contribution in [2.45, 2.75) is 70.6 Å². The predicted octanol–water partition coefficient (Wildman–Crippen LogP) is 3.25. The Bertz CT molecular complexity index is 1590. The molecule has 0 aromatic heterocycles. The maximum atomic E-state index is 14.0. The van der Waals surface area contributed by atoms with Gasteiger partial charge in [-0.05, 0) is 50.8 Å². The summed E-state index contributed by atoms with van der Waals surface area (Å²) in [5.74, 6) is -1.96. The van der Waals surface area contributed by atoms with Crippen LogP contribution in [0.25, 0.3) is 0 Å². The second kappa shape index (κ2) is 14.9. The van der Waals surface area contributed by atoms with E-state index >= 15 is 0 Å². The molecule has 13 nitrogen and oxygen atoms in total. The molecule has 4 rings (SSSR count). The van der Waals surface area contributed by atoms with Crippen molar-refractivity contribution in [3.8, 4) is 0 Å². The van der Waals surface area contributed by atoms with E-state index in [0.717, 1.165) is 11.1 Å². The number of anilines is 1. The van der Waals surface area contributed by atoms with E-state index in [2.05, 4.69) is 10.6 Å².